The number of hydrogen-bond acceptors (Lipinski definition) is 4. The third-order valence-corrected chi connectivity index (χ3v) is 6.36. The molecule has 1 aliphatic carbocycles. The van der Waals surface area contributed by atoms with Crippen LogP contribution >= 0.6 is 0 Å². The molecule has 34 heavy (non-hydrogen) atoms. The highest BCUT2D eigenvalue weighted by Gasteiger charge is 2.28. The Morgan fingerprint density at radius 2 is 1.68 bits per heavy atom. The molecular formula is C28H25N3O3. The second-order valence-electron chi connectivity index (χ2n) is 8.37. The number of rotatable bonds is 5. The van der Waals surface area contributed by atoms with Gasteiger partial charge in [-0.15, -0.1) is 0 Å². The number of carbonyl (C=O) groups excluding carboxylic acids is 1. The SMILES string of the molecule is COc1cccc2c1CCC2n1cccc(C(=O)Nc2ccc(-c3ccc(N)cc3)cc2)c1=O. The molecule has 3 aromatic carbocycles. The van der Waals surface area contributed by atoms with Gasteiger partial charge < -0.3 is 20.4 Å². The van der Waals surface area contributed by atoms with Gasteiger partial charge in [-0.3, -0.25) is 9.59 Å². The molecule has 1 aliphatic rings. The van der Waals surface area contributed by atoms with Crippen molar-refractivity contribution in [1.82, 2.24) is 4.57 Å². The molecule has 1 heterocycles. The summed E-state index contributed by atoms with van der Waals surface area (Å²) in [6.07, 6.45) is 3.36. The molecule has 4 aromatic rings. The van der Waals surface area contributed by atoms with Crippen molar-refractivity contribution in [3.8, 4) is 16.9 Å². The molecule has 1 amide bonds. The number of anilines is 2. The van der Waals surface area contributed by atoms with Crippen molar-refractivity contribution < 1.29 is 9.53 Å². The van der Waals surface area contributed by atoms with Crippen molar-refractivity contribution in [1.29, 1.82) is 0 Å². The van der Waals surface area contributed by atoms with Crippen LogP contribution in [0.3, 0.4) is 0 Å². The van der Waals surface area contributed by atoms with Crippen LogP contribution in [-0.2, 0) is 6.42 Å². The van der Waals surface area contributed by atoms with Crippen LogP contribution in [0, 0.1) is 0 Å². The second kappa shape index (κ2) is 8.90. The van der Waals surface area contributed by atoms with Gasteiger partial charge >= 0.3 is 0 Å². The molecule has 6 nitrogen and oxygen atoms in total. The highest BCUT2D eigenvalue weighted by atomic mass is 16.5. The quantitative estimate of drug-likeness (QED) is 0.423. The molecule has 0 bridgehead atoms. The second-order valence-corrected chi connectivity index (χ2v) is 8.37. The van der Waals surface area contributed by atoms with Gasteiger partial charge in [-0.2, -0.15) is 0 Å². The van der Waals surface area contributed by atoms with E-state index in [4.69, 9.17) is 10.5 Å². The summed E-state index contributed by atoms with van der Waals surface area (Å²) in [4.78, 5) is 26.3. The van der Waals surface area contributed by atoms with Crippen molar-refractivity contribution in [3.05, 3.63) is 112 Å². The Hall–Kier alpha value is -4.32. The molecule has 170 valence electrons. The zero-order valence-electron chi connectivity index (χ0n) is 18.8. The number of amides is 1. The number of nitrogens with one attached hydrogen (secondary N) is 1. The summed E-state index contributed by atoms with van der Waals surface area (Å²) in [5.74, 6) is 0.410. The molecule has 0 radical (unpaired) electrons. The van der Waals surface area contributed by atoms with Crippen LogP contribution in [0.5, 0.6) is 5.75 Å². The molecule has 0 saturated heterocycles. The number of carbonyl (C=O) groups is 1. The molecule has 3 N–H and O–H groups in total. The largest absolute Gasteiger partial charge is 0.496 e. The minimum absolute atomic E-state index is 0.112. The van der Waals surface area contributed by atoms with Crippen LogP contribution in [0.1, 0.15) is 33.9 Å². The molecule has 0 saturated carbocycles. The fraction of sp³-hybridized carbons (Fsp3) is 0.143. The van der Waals surface area contributed by atoms with E-state index in [0.717, 1.165) is 40.8 Å². The summed E-state index contributed by atoms with van der Waals surface area (Å²) in [7, 11) is 1.66. The van der Waals surface area contributed by atoms with Crippen molar-refractivity contribution in [2.24, 2.45) is 0 Å². The van der Waals surface area contributed by atoms with Crippen molar-refractivity contribution in [3.63, 3.8) is 0 Å². The first-order valence-electron chi connectivity index (χ1n) is 11.2. The number of pyridine rings is 1. The average molecular weight is 452 g/mol. The molecular weight excluding hydrogens is 426 g/mol. The highest BCUT2D eigenvalue weighted by molar-refractivity contribution is 6.04. The Balaban J connectivity index is 1.38. The van der Waals surface area contributed by atoms with Gasteiger partial charge in [0.2, 0.25) is 0 Å². The van der Waals surface area contributed by atoms with Crippen LogP contribution in [0.25, 0.3) is 11.1 Å². The Morgan fingerprint density at radius 1 is 0.971 bits per heavy atom. The average Bonchev–Trinajstić information content (AvgIpc) is 3.29. The van der Waals surface area contributed by atoms with E-state index in [1.807, 2.05) is 66.7 Å². The molecule has 1 atom stereocenters. The molecule has 5 rings (SSSR count). The highest BCUT2D eigenvalue weighted by Crippen LogP contribution is 2.38. The summed E-state index contributed by atoms with van der Waals surface area (Å²) in [6, 6.07) is 24.2. The molecule has 0 fully saturated rings. The lowest BCUT2D eigenvalue weighted by Crippen LogP contribution is -2.30. The minimum atomic E-state index is -0.427. The van der Waals surface area contributed by atoms with E-state index in [1.54, 1.807) is 30.0 Å². The van der Waals surface area contributed by atoms with Crippen molar-refractivity contribution >= 4 is 17.3 Å². The standard InChI is InChI=1S/C28H25N3O3/c1-34-26-6-2-4-22-23(26)15-16-25(22)31-17-3-5-24(28(31)33)27(32)30-21-13-9-19(10-14-21)18-7-11-20(29)12-8-18/h2-14,17,25H,15-16,29H2,1H3,(H,30,32). The van der Waals surface area contributed by atoms with Crippen LogP contribution in [0.4, 0.5) is 11.4 Å². The Labute approximate surface area is 197 Å². The predicted octanol–water partition coefficient (Wildman–Crippen LogP) is 4.89. The summed E-state index contributed by atoms with van der Waals surface area (Å²) in [5, 5.41) is 2.85. The van der Waals surface area contributed by atoms with E-state index < -0.39 is 5.91 Å². The van der Waals surface area contributed by atoms with Crippen LogP contribution in [0.2, 0.25) is 0 Å². The Bertz CT molecular complexity index is 1410. The number of aromatic nitrogens is 1. The number of nitrogens with zero attached hydrogens (tertiary/aromatic N) is 1. The van der Waals surface area contributed by atoms with E-state index in [-0.39, 0.29) is 17.2 Å². The lowest BCUT2D eigenvalue weighted by atomic mass is 10.0. The van der Waals surface area contributed by atoms with Crippen molar-refractivity contribution in [2.75, 3.05) is 18.2 Å². The first kappa shape index (κ1) is 21.5. The number of nitrogen functional groups attached to an aromatic ring is 1. The van der Waals surface area contributed by atoms with Gasteiger partial charge in [0.05, 0.1) is 13.2 Å². The van der Waals surface area contributed by atoms with Crippen LogP contribution in [0.15, 0.2) is 89.9 Å². The molecule has 0 spiro atoms. The predicted molar refractivity (Wildman–Crippen MR) is 134 cm³/mol. The maximum Gasteiger partial charge on any atom is 0.263 e. The van der Waals surface area contributed by atoms with E-state index in [1.165, 1.54) is 0 Å². The zero-order chi connectivity index (χ0) is 23.7. The van der Waals surface area contributed by atoms with Gasteiger partial charge in [-0.25, -0.2) is 0 Å². The smallest absolute Gasteiger partial charge is 0.263 e. The van der Waals surface area contributed by atoms with Gasteiger partial charge in [-0.05, 0) is 77.6 Å². The lowest BCUT2D eigenvalue weighted by Gasteiger charge is -2.17. The Kier molecular flexibility index (Phi) is 5.64. The number of fused-ring (bicyclic) bond motifs is 1. The number of nitrogens with two attached hydrogens (primary N) is 1. The topological polar surface area (TPSA) is 86.3 Å². The summed E-state index contributed by atoms with van der Waals surface area (Å²) in [5.41, 5.74) is 11.1. The number of benzene rings is 3. The fourth-order valence-electron chi connectivity index (χ4n) is 4.63. The van der Waals surface area contributed by atoms with Gasteiger partial charge in [0, 0.05) is 17.6 Å². The maximum atomic E-state index is 13.3. The molecule has 0 aliphatic heterocycles. The molecule has 1 aromatic heterocycles. The number of methoxy groups -OCH3 is 1. The monoisotopic (exact) mass is 451 g/mol. The molecule has 6 heteroatoms. The third kappa shape index (κ3) is 3.94. The van der Waals surface area contributed by atoms with Crippen LogP contribution < -0.4 is 21.3 Å². The Morgan fingerprint density at radius 3 is 2.38 bits per heavy atom. The van der Waals surface area contributed by atoms with E-state index in [9.17, 15) is 9.59 Å². The number of hydrogen-bond donors (Lipinski definition) is 2. The van der Waals surface area contributed by atoms with Crippen LogP contribution in [-0.4, -0.2) is 17.6 Å². The third-order valence-electron chi connectivity index (χ3n) is 6.36. The van der Waals surface area contributed by atoms with Gasteiger partial charge in [-0.1, -0.05) is 36.4 Å². The molecule has 1 unspecified atom stereocenters. The maximum absolute atomic E-state index is 13.3. The first-order chi connectivity index (χ1) is 16.5. The zero-order valence-corrected chi connectivity index (χ0v) is 18.8. The summed E-state index contributed by atoms with van der Waals surface area (Å²) in [6.45, 7) is 0. The number of ether oxygens (including phenoxy) is 1. The van der Waals surface area contributed by atoms with E-state index >= 15 is 0 Å². The van der Waals surface area contributed by atoms with Gasteiger partial charge in [0.1, 0.15) is 11.3 Å². The van der Waals surface area contributed by atoms with E-state index in [2.05, 4.69) is 5.32 Å². The fourth-order valence-corrected chi connectivity index (χ4v) is 4.63. The van der Waals surface area contributed by atoms with Gasteiger partial charge in [0.25, 0.3) is 11.5 Å². The lowest BCUT2D eigenvalue weighted by molar-refractivity contribution is 0.102. The van der Waals surface area contributed by atoms with Gasteiger partial charge in [0.15, 0.2) is 0 Å². The van der Waals surface area contributed by atoms with Crippen molar-refractivity contribution in [2.45, 2.75) is 18.9 Å². The van der Waals surface area contributed by atoms with E-state index in [0.29, 0.717) is 11.4 Å². The first-order valence-corrected chi connectivity index (χ1v) is 11.2. The summed E-state index contributed by atoms with van der Waals surface area (Å²) < 4.78 is 7.14. The normalized spacial score (nSPS) is 14.4. The summed E-state index contributed by atoms with van der Waals surface area (Å²) >= 11 is 0. The minimum Gasteiger partial charge on any atom is -0.496 e.